The molecule has 0 bridgehead atoms. The molecule has 1 aliphatic heterocycles. The normalized spacial score (nSPS) is 17.0. The summed E-state index contributed by atoms with van der Waals surface area (Å²) in [5, 5.41) is 0.445. The summed E-state index contributed by atoms with van der Waals surface area (Å²) < 4.78 is 5.74. The van der Waals surface area contributed by atoms with Crippen LogP contribution in [-0.4, -0.2) is 45.8 Å². The number of halogens is 1. The number of likely N-dealkylation sites (tertiary alicyclic amines) is 1. The van der Waals surface area contributed by atoms with Crippen molar-refractivity contribution in [1.82, 2.24) is 14.9 Å². The van der Waals surface area contributed by atoms with Crippen LogP contribution in [0.2, 0.25) is 5.02 Å². The number of hydrogen-bond acceptors (Lipinski definition) is 5. The van der Waals surface area contributed by atoms with Crippen LogP contribution in [0.5, 0.6) is 6.01 Å². The standard InChI is InChI=1S/C19H20ClN3O3/c20-15-11-21-19(22-12-15)26-16-7-4-10-23(13-16)18(25)9-8-17(24)14-5-2-1-3-6-14/h1-3,5-6,11-12,16H,4,7-10,13H2/t16-/m1/s1. The predicted molar refractivity (Wildman–Crippen MR) is 97.3 cm³/mol. The molecule has 2 aromatic rings. The lowest BCUT2D eigenvalue weighted by Crippen LogP contribution is -2.44. The summed E-state index contributed by atoms with van der Waals surface area (Å²) in [6.45, 7) is 1.16. The third-order valence-corrected chi connectivity index (χ3v) is 4.46. The van der Waals surface area contributed by atoms with E-state index in [1.807, 2.05) is 18.2 Å². The van der Waals surface area contributed by atoms with Crippen LogP contribution in [0, 0.1) is 0 Å². The van der Waals surface area contributed by atoms with Crippen LogP contribution < -0.4 is 4.74 Å². The molecule has 2 heterocycles. The summed E-state index contributed by atoms with van der Waals surface area (Å²) in [5.41, 5.74) is 0.639. The van der Waals surface area contributed by atoms with Gasteiger partial charge in [0.1, 0.15) is 6.10 Å². The predicted octanol–water partition coefficient (Wildman–Crippen LogP) is 3.16. The number of hydrogen-bond donors (Lipinski definition) is 0. The molecule has 0 N–H and O–H groups in total. The highest BCUT2D eigenvalue weighted by molar-refractivity contribution is 6.30. The Morgan fingerprint density at radius 3 is 2.62 bits per heavy atom. The number of Topliss-reactive ketones (excluding diaryl/α,β-unsaturated/α-hetero) is 1. The second kappa shape index (κ2) is 8.76. The molecule has 1 aliphatic rings. The number of rotatable bonds is 6. The topological polar surface area (TPSA) is 72.4 Å². The SMILES string of the molecule is O=C(CCC(=O)N1CCC[C@@H](Oc2ncc(Cl)cn2)C1)c1ccccc1. The minimum absolute atomic E-state index is 0.0154. The summed E-state index contributed by atoms with van der Waals surface area (Å²) in [5.74, 6) is -0.0436. The van der Waals surface area contributed by atoms with Crippen molar-refractivity contribution < 1.29 is 14.3 Å². The number of ketones is 1. The number of ether oxygens (including phenoxy) is 1. The summed E-state index contributed by atoms with van der Waals surface area (Å²) in [7, 11) is 0. The highest BCUT2D eigenvalue weighted by atomic mass is 35.5. The maximum atomic E-state index is 12.4. The van der Waals surface area contributed by atoms with E-state index in [-0.39, 0.29) is 36.6 Å². The fraction of sp³-hybridized carbons (Fsp3) is 0.368. The first-order chi connectivity index (χ1) is 12.6. The Bertz CT molecular complexity index is 752. The molecule has 136 valence electrons. The molecule has 1 aromatic carbocycles. The maximum absolute atomic E-state index is 12.4. The number of carbonyl (C=O) groups is 2. The molecular weight excluding hydrogens is 354 g/mol. The van der Waals surface area contributed by atoms with Gasteiger partial charge in [0.2, 0.25) is 5.91 Å². The van der Waals surface area contributed by atoms with Crippen molar-refractivity contribution in [2.45, 2.75) is 31.8 Å². The van der Waals surface area contributed by atoms with Crippen LogP contribution in [0.3, 0.4) is 0 Å². The lowest BCUT2D eigenvalue weighted by molar-refractivity contribution is -0.133. The smallest absolute Gasteiger partial charge is 0.316 e. The van der Waals surface area contributed by atoms with Crippen LogP contribution in [0.4, 0.5) is 0 Å². The number of carbonyl (C=O) groups excluding carboxylic acids is 2. The lowest BCUT2D eigenvalue weighted by Gasteiger charge is -2.32. The quantitative estimate of drug-likeness (QED) is 0.727. The van der Waals surface area contributed by atoms with Crippen LogP contribution in [0.15, 0.2) is 42.7 Å². The molecular formula is C19H20ClN3O3. The minimum atomic E-state index is -0.154. The molecule has 1 atom stereocenters. The van der Waals surface area contributed by atoms with Crippen molar-refractivity contribution in [3.8, 4) is 6.01 Å². The molecule has 26 heavy (non-hydrogen) atoms. The minimum Gasteiger partial charge on any atom is -0.458 e. The van der Waals surface area contributed by atoms with E-state index < -0.39 is 0 Å². The van der Waals surface area contributed by atoms with Gasteiger partial charge >= 0.3 is 6.01 Å². The number of nitrogens with zero attached hydrogens (tertiary/aromatic N) is 3. The van der Waals surface area contributed by atoms with E-state index in [4.69, 9.17) is 16.3 Å². The van der Waals surface area contributed by atoms with E-state index in [1.165, 1.54) is 12.4 Å². The molecule has 7 heteroatoms. The zero-order valence-corrected chi connectivity index (χ0v) is 15.1. The molecule has 6 nitrogen and oxygen atoms in total. The van der Waals surface area contributed by atoms with Gasteiger partial charge in [0, 0.05) is 24.9 Å². The Hall–Kier alpha value is -2.47. The Morgan fingerprint density at radius 2 is 1.88 bits per heavy atom. The first kappa shape index (κ1) is 18.3. The molecule has 1 aromatic heterocycles. The van der Waals surface area contributed by atoms with Gasteiger partial charge in [-0.3, -0.25) is 9.59 Å². The second-order valence-corrected chi connectivity index (χ2v) is 6.63. The number of aromatic nitrogens is 2. The average Bonchev–Trinajstić information content (AvgIpc) is 2.68. The maximum Gasteiger partial charge on any atom is 0.316 e. The number of benzene rings is 1. The Kier molecular flexibility index (Phi) is 6.17. The van der Waals surface area contributed by atoms with Crippen molar-refractivity contribution >= 4 is 23.3 Å². The van der Waals surface area contributed by atoms with Crippen LogP contribution in [0.1, 0.15) is 36.0 Å². The van der Waals surface area contributed by atoms with Gasteiger partial charge < -0.3 is 9.64 Å². The lowest BCUT2D eigenvalue weighted by atomic mass is 10.0. The van der Waals surface area contributed by atoms with Crippen molar-refractivity contribution in [3.63, 3.8) is 0 Å². The van der Waals surface area contributed by atoms with Gasteiger partial charge in [0.25, 0.3) is 0 Å². The molecule has 1 fully saturated rings. The molecule has 0 radical (unpaired) electrons. The van der Waals surface area contributed by atoms with E-state index in [0.717, 1.165) is 12.8 Å². The molecule has 0 unspecified atom stereocenters. The molecule has 3 rings (SSSR count). The van der Waals surface area contributed by atoms with E-state index in [0.29, 0.717) is 23.7 Å². The summed E-state index contributed by atoms with van der Waals surface area (Å²) in [6.07, 6.45) is 4.90. The zero-order valence-electron chi connectivity index (χ0n) is 14.3. The fourth-order valence-electron chi connectivity index (χ4n) is 2.92. The largest absolute Gasteiger partial charge is 0.458 e. The van der Waals surface area contributed by atoms with Crippen molar-refractivity contribution in [2.75, 3.05) is 13.1 Å². The monoisotopic (exact) mass is 373 g/mol. The molecule has 0 spiro atoms. The van der Waals surface area contributed by atoms with Crippen LogP contribution in [0.25, 0.3) is 0 Å². The third kappa shape index (κ3) is 5.02. The summed E-state index contributed by atoms with van der Waals surface area (Å²) in [6, 6.07) is 9.29. The van der Waals surface area contributed by atoms with Gasteiger partial charge in [0.15, 0.2) is 5.78 Å². The highest BCUT2D eigenvalue weighted by Gasteiger charge is 2.25. The van der Waals surface area contributed by atoms with Crippen LogP contribution >= 0.6 is 11.6 Å². The number of piperidine rings is 1. The first-order valence-corrected chi connectivity index (χ1v) is 9.00. The fourth-order valence-corrected chi connectivity index (χ4v) is 3.02. The molecule has 1 saturated heterocycles. The summed E-state index contributed by atoms with van der Waals surface area (Å²) in [4.78, 5) is 34.4. The molecule has 0 saturated carbocycles. The van der Waals surface area contributed by atoms with E-state index in [2.05, 4.69) is 9.97 Å². The second-order valence-electron chi connectivity index (χ2n) is 6.19. The summed E-state index contributed by atoms with van der Waals surface area (Å²) >= 11 is 5.76. The zero-order chi connectivity index (χ0) is 18.4. The van der Waals surface area contributed by atoms with Gasteiger partial charge in [-0.1, -0.05) is 41.9 Å². The van der Waals surface area contributed by atoms with E-state index in [1.54, 1.807) is 17.0 Å². The molecule has 0 aliphatic carbocycles. The Morgan fingerprint density at radius 1 is 1.15 bits per heavy atom. The van der Waals surface area contributed by atoms with E-state index >= 15 is 0 Å². The van der Waals surface area contributed by atoms with E-state index in [9.17, 15) is 9.59 Å². The number of amides is 1. The van der Waals surface area contributed by atoms with Crippen molar-refractivity contribution in [1.29, 1.82) is 0 Å². The third-order valence-electron chi connectivity index (χ3n) is 4.26. The Labute approximate surface area is 157 Å². The average molecular weight is 374 g/mol. The van der Waals surface area contributed by atoms with Gasteiger partial charge in [0.05, 0.1) is 24.0 Å². The Balaban J connectivity index is 1.49. The molecule has 1 amide bonds. The van der Waals surface area contributed by atoms with Crippen molar-refractivity contribution in [2.24, 2.45) is 0 Å². The van der Waals surface area contributed by atoms with Gasteiger partial charge in [-0.2, -0.15) is 0 Å². The highest BCUT2D eigenvalue weighted by Crippen LogP contribution is 2.17. The van der Waals surface area contributed by atoms with Gasteiger partial charge in [-0.15, -0.1) is 0 Å². The van der Waals surface area contributed by atoms with Crippen molar-refractivity contribution in [3.05, 3.63) is 53.3 Å². The first-order valence-electron chi connectivity index (χ1n) is 8.62. The van der Waals surface area contributed by atoms with Gasteiger partial charge in [-0.25, -0.2) is 9.97 Å². The van der Waals surface area contributed by atoms with Crippen LogP contribution in [-0.2, 0) is 4.79 Å². The van der Waals surface area contributed by atoms with Gasteiger partial charge in [-0.05, 0) is 12.8 Å².